The van der Waals surface area contributed by atoms with Crippen molar-refractivity contribution in [3.63, 3.8) is 0 Å². The van der Waals surface area contributed by atoms with Crippen LogP contribution in [0.5, 0.6) is 23.0 Å². The van der Waals surface area contributed by atoms with Gasteiger partial charge >= 0.3 is 0 Å². The van der Waals surface area contributed by atoms with Crippen LogP contribution in [-0.2, 0) is 6.54 Å². The van der Waals surface area contributed by atoms with Gasteiger partial charge in [0.2, 0.25) is 5.75 Å². The minimum Gasteiger partial charge on any atom is -0.493 e. The summed E-state index contributed by atoms with van der Waals surface area (Å²) in [5.41, 5.74) is 12.4. The number of amides is 1. The number of nitrogens with two attached hydrogens (primary N) is 2. The van der Waals surface area contributed by atoms with Crippen molar-refractivity contribution in [2.24, 2.45) is 16.5 Å². The fraction of sp³-hybridized carbons (Fsp3) is 0.464. The van der Waals surface area contributed by atoms with Gasteiger partial charge < -0.3 is 30.4 Å². The highest BCUT2D eigenvalue weighted by atomic mass is 16.5. The van der Waals surface area contributed by atoms with Crippen molar-refractivity contribution >= 4 is 17.6 Å². The molecule has 4 N–H and O–H groups in total. The van der Waals surface area contributed by atoms with E-state index < -0.39 is 5.91 Å². The van der Waals surface area contributed by atoms with Crippen molar-refractivity contribution in [3.8, 4) is 23.0 Å². The van der Waals surface area contributed by atoms with Crippen LogP contribution in [0.1, 0.15) is 46.0 Å². The molecule has 212 valence electrons. The first-order valence-electron chi connectivity index (χ1n) is 13.0. The number of ether oxygens (including phenoxy) is 4. The summed E-state index contributed by atoms with van der Waals surface area (Å²) < 4.78 is 22.2. The van der Waals surface area contributed by atoms with E-state index in [1.807, 2.05) is 19.1 Å². The van der Waals surface area contributed by atoms with E-state index in [4.69, 9.17) is 30.4 Å². The zero-order valence-corrected chi connectivity index (χ0v) is 23.2. The number of guanidine groups is 1. The lowest BCUT2D eigenvalue weighted by atomic mass is 10.0. The van der Waals surface area contributed by atoms with Crippen LogP contribution in [-0.4, -0.2) is 88.1 Å². The zero-order chi connectivity index (χ0) is 28.4. The zero-order valence-electron chi connectivity index (χ0n) is 23.2. The van der Waals surface area contributed by atoms with Crippen LogP contribution < -0.4 is 30.4 Å². The maximum Gasteiger partial charge on any atom is 0.283 e. The Hall–Kier alpha value is -3.83. The Bertz CT molecular complexity index is 1170. The first-order chi connectivity index (χ1) is 18.8. The Morgan fingerprint density at radius 1 is 0.897 bits per heavy atom. The monoisotopic (exact) mass is 541 g/mol. The third-order valence-electron chi connectivity index (χ3n) is 6.53. The molecule has 39 heavy (non-hydrogen) atoms. The van der Waals surface area contributed by atoms with Crippen molar-refractivity contribution in [1.29, 1.82) is 0 Å². The first kappa shape index (κ1) is 29.7. The molecule has 0 aliphatic carbocycles. The third kappa shape index (κ3) is 7.84. The Balaban J connectivity index is 1.64. The second-order valence-electron chi connectivity index (χ2n) is 9.22. The molecule has 11 heteroatoms. The maximum atomic E-state index is 13.1. The second kappa shape index (κ2) is 14.4. The Morgan fingerprint density at radius 3 is 2.18 bits per heavy atom. The van der Waals surface area contributed by atoms with Crippen molar-refractivity contribution in [2.75, 3.05) is 60.7 Å². The van der Waals surface area contributed by atoms with Gasteiger partial charge in [-0.05, 0) is 30.7 Å². The number of hydrogen-bond donors (Lipinski definition) is 2. The first-order valence-corrected chi connectivity index (χ1v) is 13.0. The number of piperazine rings is 1. The topological polar surface area (TPSA) is 142 Å². The molecule has 0 aromatic heterocycles. The van der Waals surface area contributed by atoms with E-state index in [0.29, 0.717) is 41.7 Å². The van der Waals surface area contributed by atoms with Crippen molar-refractivity contribution < 1.29 is 28.5 Å². The smallest absolute Gasteiger partial charge is 0.283 e. The molecule has 0 atom stereocenters. The van der Waals surface area contributed by atoms with Gasteiger partial charge in [-0.1, -0.05) is 19.4 Å². The number of hydrogen-bond acceptors (Lipinski definition) is 8. The molecule has 1 fully saturated rings. The fourth-order valence-electron chi connectivity index (χ4n) is 4.43. The lowest BCUT2D eigenvalue weighted by Crippen LogP contribution is -2.47. The number of rotatable bonds is 13. The summed E-state index contributed by atoms with van der Waals surface area (Å²) in [7, 11) is 4.80. The molecule has 1 amide bonds. The van der Waals surface area contributed by atoms with Crippen LogP contribution in [0, 0.1) is 0 Å². The van der Waals surface area contributed by atoms with Gasteiger partial charge in [0.15, 0.2) is 23.2 Å². The van der Waals surface area contributed by atoms with E-state index in [1.165, 1.54) is 6.07 Å². The molecule has 2 aromatic carbocycles. The molecule has 2 aromatic rings. The molecule has 0 spiro atoms. The largest absolute Gasteiger partial charge is 0.493 e. The van der Waals surface area contributed by atoms with E-state index >= 15 is 0 Å². The summed E-state index contributed by atoms with van der Waals surface area (Å²) in [4.78, 5) is 33.8. The van der Waals surface area contributed by atoms with Crippen LogP contribution in [0.15, 0.2) is 35.3 Å². The number of unbranched alkanes of at least 4 members (excludes halogenated alkanes) is 1. The Kier molecular flexibility index (Phi) is 10.9. The van der Waals surface area contributed by atoms with Gasteiger partial charge in [0, 0.05) is 43.9 Å². The van der Waals surface area contributed by atoms with E-state index in [2.05, 4.69) is 14.8 Å². The molecule has 0 bridgehead atoms. The number of carbonyl (C=O) groups excluding carboxylic acids is 2. The third-order valence-corrected chi connectivity index (χ3v) is 6.53. The summed E-state index contributed by atoms with van der Waals surface area (Å²) in [6.07, 6.45) is 1.78. The summed E-state index contributed by atoms with van der Waals surface area (Å²) in [6, 6.07) is 8.67. The molecule has 11 nitrogen and oxygen atoms in total. The molecule has 1 aliphatic heterocycles. The minimum absolute atomic E-state index is 0.0936. The summed E-state index contributed by atoms with van der Waals surface area (Å²) in [5.74, 6) is 1.11. The Labute approximate surface area is 229 Å². The fourth-order valence-corrected chi connectivity index (χ4v) is 4.43. The molecule has 1 saturated heterocycles. The average molecular weight is 542 g/mol. The average Bonchev–Trinajstić information content (AvgIpc) is 2.93. The standard InChI is InChI=1S/C28H39N5O6/c1-5-6-15-39-23-9-7-19(16-21(23)27(35)31-28(29)30)22(34)18-33-13-11-32(12-14-33)17-20-8-10-24(36-2)26(38-4)25(20)37-3/h7-10,16H,5-6,11-15,17-18H2,1-4H3,(H4,29,30,31,35). The number of Topliss-reactive ketones (excluding diaryl/α,β-unsaturated/α-hetero) is 1. The summed E-state index contributed by atoms with van der Waals surface area (Å²) in [6.45, 7) is 6.42. The number of benzene rings is 2. The number of carbonyl (C=O) groups is 2. The lowest BCUT2D eigenvalue weighted by molar-refractivity contribution is 0.0842. The quantitative estimate of drug-likeness (QED) is 0.168. The van der Waals surface area contributed by atoms with E-state index in [0.717, 1.165) is 44.6 Å². The second-order valence-corrected chi connectivity index (χ2v) is 9.22. The minimum atomic E-state index is -0.643. The van der Waals surface area contributed by atoms with Crippen LogP contribution >= 0.6 is 0 Å². The molecular weight excluding hydrogens is 502 g/mol. The molecule has 3 rings (SSSR count). The molecule has 0 saturated carbocycles. The normalized spacial score (nSPS) is 13.9. The summed E-state index contributed by atoms with van der Waals surface area (Å²) in [5, 5.41) is 0. The Morgan fingerprint density at radius 2 is 1.56 bits per heavy atom. The molecule has 0 radical (unpaired) electrons. The van der Waals surface area contributed by atoms with Crippen LogP contribution in [0.3, 0.4) is 0 Å². The molecule has 1 aliphatic rings. The molecule has 1 heterocycles. The lowest BCUT2D eigenvalue weighted by Gasteiger charge is -2.34. The van der Waals surface area contributed by atoms with Gasteiger partial charge in [-0.25, -0.2) is 0 Å². The summed E-state index contributed by atoms with van der Waals surface area (Å²) >= 11 is 0. The van der Waals surface area contributed by atoms with E-state index in [-0.39, 0.29) is 23.9 Å². The van der Waals surface area contributed by atoms with Gasteiger partial charge in [-0.3, -0.25) is 19.4 Å². The number of aliphatic imine (C=N–C) groups is 1. The van der Waals surface area contributed by atoms with Gasteiger partial charge in [-0.15, -0.1) is 0 Å². The van der Waals surface area contributed by atoms with Crippen LogP contribution in [0.4, 0.5) is 0 Å². The predicted molar refractivity (Wildman–Crippen MR) is 149 cm³/mol. The van der Waals surface area contributed by atoms with E-state index in [1.54, 1.807) is 33.5 Å². The maximum absolute atomic E-state index is 13.1. The van der Waals surface area contributed by atoms with E-state index in [9.17, 15) is 9.59 Å². The highest BCUT2D eigenvalue weighted by Gasteiger charge is 2.23. The van der Waals surface area contributed by atoms with Crippen LogP contribution in [0.25, 0.3) is 0 Å². The van der Waals surface area contributed by atoms with Gasteiger partial charge in [0.05, 0.1) is 40.0 Å². The molecular formula is C28H39N5O6. The highest BCUT2D eigenvalue weighted by molar-refractivity contribution is 6.06. The van der Waals surface area contributed by atoms with Crippen LogP contribution in [0.2, 0.25) is 0 Å². The molecule has 0 unspecified atom stereocenters. The predicted octanol–water partition coefficient (Wildman–Crippen LogP) is 2.31. The highest BCUT2D eigenvalue weighted by Crippen LogP contribution is 2.40. The number of methoxy groups -OCH3 is 3. The van der Waals surface area contributed by atoms with Crippen molar-refractivity contribution in [2.45, 2.75) is 26.3 Å². The van der Waals surface area contributed by atoms with Gasteiger partial charge in [0.25, 0.3) is 5.91 Å². The SMILES string of the molecule is CCCCOc1ccc(C(=O)CN2CCN(Cc3ccc(OC)c(OC)c3OC)CC2)cc1C(=O)N=C(N)N. The van der Waals surface area contributed by atoms with Gasteiger partial charge in [0.1, 0.15) is 5.75 Å². The van der Waals surface area contributed by atoms with Crippen molar-refractivity contribution in [3.05, 3.63) is 47.0 Å². The van der Waals surface area contributed by atoms with Crippen molar-refractivity contribution in [1.82, 2.24) is 9.80 Å². The number of ketones is 1. The number of nitrogens with zero attached hydrogens (tertiary/aromatic N) is 3. The van der Waals surface area contributed by atoms with Gasteiger partial charge in [-0.2, -0.15) is 4.99 Å².